The number of hydrogen-bond donors (Lipinski definition) is 0. The molecule has 0 spiro atoms. The summed E-state index contributed by atoms with van der Waals surface area (Å²) in [5.41, 5.74) is 4.69. The van der Waals surface area contributed by atoms with E-state index in [1.54, 1.807) is 0 Å². The summed E-state index contributed by atoms with van der Waals surface area (Å²) < 4.78 is 1.40. The summed E-state index contributed by atoms with van der Waals surface area (Å²) in [6.07, 6.45) is 2.02. The summed E-state index contributed by atoms with van der Waals surface area (Å²) in [7, 11) is 0. The SMILES string of the molecule is [CH3][Ge]([CH3])([CH3])[c]1ccc(-c2ccc(C#N)c(-c3ccccc3)c2)nc1. The van der Waals surface area contributed by atoms with Crippen molar-refractivity contribution in [2.45, 2.75) is 17.3 Å². The van der Waals surface area contributed by atoms with E-state index in [9.17, 15) is 5.26 Å². The minimum absolute atomic E-state index is 0.686. The van der Waals surface area contributed by atoms with Crippen LogP contribution >= 0.6 is 0 Å². The van der Waals surface area contributed by atoms with Crippen molar-refractivity contribution in [2.75, 3.05) is 0 Å². The van der Waals surface area contributed by atoms with Crippen LogP contribution in [-0.2, 0) is 0 Å². The number of nitrogens with zero attached hydrogens (tertiary/aromatic N) is 2. The van der Waals surface area contributed by atoms with Gasteiger partial charge in [0, 0.05) is 0 Å². The summed E-state index contributed by atoms with van der Waals surface area (Å²) in [5, 5.41) is 9.41. The van der Waals surface area contributed by atoms with E-state index < -0.39 is 13.3 Å². The van der Waals surface area contributed by atoms with Crippen LogP contribution in [0.15, 0.2) is 66.9 Å². The molecule has 1 aromatic heterocycles. The molecule has 0 saturated carbocycles. The molecule has 24 heavy (non-hydrogen) atoms. The van der Waals surface area contributed by atoms with E-state index in [2.05, 4.69) is 46.5 Å². The molecule has 0 bridgehead atoms. The van der Waals surface area contributed by atoms with Gasteiger partial charge in [-0.1, -0.05) is 0 Å². The predicted molar refractivity (Wildman–Crippen MR) is 103 cm³/mol. The van der Waals surface area contributed by atoms with Crippen LogP contribution in [0.3, 0.4) is 0 Å². The Morgan fingerprint density at radius 1 is 0.875 bits per heavy atom. The van der Waals surface area contributed by atoms with Gasteiger partial charge in [0.2, 0.25) is 0 Å². The molecule has 0 fully saturated rings. The Morgan fingerprint density at radius 3 is 2.21 bits per heavy atom. The molecule has 0 unspecified atom stereocenters. The summed E-state index contributed by atoms with van der Waals surface area (Å²) in [5.74, 6) is 7.10. The van der Waals surface area contributed by atoms with Crippen molar-refractivity contribution < 1.29 is 0 Å². The van der Waals surface area contributed by atoms with Gasteiger partial charge in [-0.05, 0) is 0 Å². The number of aromatic nitrogens is 1. The van der Waals surface area contributed by atoms with E-state index >= 15 is 0 Å². The zero-order valence-corrected chi connectivity index (χ0v) is 16.3. The van der Waals surface area contributed by atoms with Crippen molar-refractivity contribution in [2.24, 2.45) is 0 Å². The van der Waals surface area contributed by atoms with Crippen molar-refractivity contribution in [3.8, 4) is 28.5 Å². The number of rotatable bonds is 3. The summed E-state index contributed by atoms with van der Waals surface area (Å²) in [6.45, 7) is 0. The van der Waals surface area contributed by atoms with E-state index in [1.807, 2.05) is 48.7 Å². The van der Waals surface area contributed by atoms with Crippen LogP contribution in [-0.4, -0.2) is 18.3 Å². The Hall–Kier alpha value is -2.38. The molecule has 3 aromatic rings. The maximum atomic E-state index is 9.41. The van der Waals surface area contributed by atoms with Gasteiger partial charge in [-0.3, -0.25) is 0 Å². The van der Waals surface area contributed by atoms with Crippen LogP contribution in [0.25, 0.3) is 22.4 Å². The second-order valence-electron chi connectivity index (χ2n) is 6.92. The van der Waals surface area contributed by atoms with Crippen LogP contribution in [0.5, 0.6) is 0 Å². The van der Waals surface area contributed by atoms with Gasteiger partial charge in [0.05, 0.1) is 0 Å². The number of pyridine rings is 1. The van der Waals surface area contributed by atoms with Gasteiger partial charge in [0.1, 0.15) is 0 Å². The molecule has 2 aromatic carbocycles. The maximum absolute atomic E-state index is 9.41. The van der Waals surface area contributed by atoms with Crippen molar-refractivity contribution in [3.63, 3.8) is 0 Å². The molecule has 3 rings (SSSR count). The third-order valence-corrected chi connectivity index (χ3v) is 8.40. The van der Waals surface area contributed by atoms with Gasteiger partial charge in [0.25, 0.3) is 0 Å². The zero-order chi connectivity index (χ0) is 17.2. The fraction of sp³-hybridized carbons (Fsp3) is 0.143. The van der Waals surface area contributed by atoms with Gasteiger partial charge in [-0.2, -0.15) is 0 Å². The topological polar surface area (TPSA) is 36.7 Å². The average Bonchev–Trinajstić information content (AvgIpc) is 2.61. The quantitative estimate of drug-likeness (QED) is 0.617. The van der Waals surface area contributed by atoms with Crippen molar-refractivity contribution in [1.29, 1.82) is 5.26 Å². The van der Waals surface area contributed by atoms with Crippen molar-refractivity contribution in [1.82, 2.24) is 4.98 Å². The molecule has 3 heteroatoms. The number of hydrogen-bond acceptors (Lipinski definition) is 2. The molecule has 0 amide bonds. The van der Waals surface area contributed by atoms with E-state index in [0.29, 0.717) is 5.56 Å². The molecule has 1 heterocycles. The Bertz CT molecular complexity index is 886. The van der Waals surface area contributed by atoms with Crippen LogP contribution < -0.4 is 4.40 Å². The van der Waals surface area contributed by atoms with Crippen LogP contribution in [0, 0.1) is 11.3 Å². The fourth-order valence-corrected chi connectivity index (χ4v) is 4.84. The first kappa shape index (κ1) is 16.5. The minimum atomic E-state index is -1.84. The fourth-order valence-electron chi connectivity index (χ4n) is 2.67. The first-order chi connectivity index (χ1) is 11.5. The molecule has 0 atom stereocenters. The Balaban J connectivity index is 2.06. The average molecular weight is 373 g/mol. The number of nitriles is 1. The molecular formula is C21H20GeN2. The third-order valence-electron chi connectivity index (χ3n) is 4.15. The molecular weight excluding hydrogens is 353 g/mol. The monoisotopic (exact) mass is 374 g/mol. The molecule has 0 saturated heterocycles. The number of benzene rings is 2. The molecule has 0 N–H and O–H groups in total. The summed E-state index contributed by atoms with van der Waals surface area (Å²) in [4.78, 5) is 4.67. The summed E-state index contributed by atoms with van der Waals surface area (Å²) in [6, 6.07) is 22.6. The van der Waals surface area contributed by atoms with Gasteiger partial charge in [0.15, 0.2) is 0 Å². The standard InChI is InChI=1S/C21H20GeN2/c1-22(2,3)19-11-12-21(24-15-19)17-9-10-18(14-23)20(13-17)16-7-5-4-6-8-16/h4-13,15H,1-3H3. The van der Waals surface area contributed by atoms with Crippen LogP contribution in [0.1, 0.15) is 5.56 Å². The molecule has 2 nitrogen and oxygen atoms in total. The molecule has 0 aliphatic heterocycles. The zero-order valence-electron chi connectivity index (χ0n) is 14.2. The van der Waals surface area contributed by atoms with Gasteiger partial charge < -0.3 is 0 Å². The van der Waals surface area contributed by atoms with Crippen LogP contribution in [0.4, 0.5) is 0 Å². The van der Waals surface area contributed by atoms with Crippen molar-refractivity contribution in [3.05, 3.63) is 72.4 Å². The Kier molecular flexibility index (Phi) is 4.55. The normalized spacial score (nSPS) is 11.1. The Morgan fingerprint density at radius 2 is 1.62 bits per heavy atom. The van der Waals surface area contributed by atoms with E-state index in [1.165, 1.54) is 4.40 Å². The van der Waals surface area contributed by atoms with Gasteiger partial charge in [-0.25, -0.2) is 0 Å². The van der Waals surface area contributed by atoms with E-state index in [4.69, 9.17) is 0 Å². The molecule has 0 aliphatic rings. The van der Waals surface area contributed by atoms with Gasteiger partial charge >= 0.3 is 146 Å². The van der Waals surface area contributed by atoms with Gasteiger partial charge in [-0.15, -0.1) is 0 Å². The second kappa shape index (κ2) is 6.62. The van der Waals surface area contributed by atoms with Crippen molar-refractivity contribution >= 4 is 17.7 Å². The first-order valence-electron chi connectivity index (χ1n) is 8.05. The third kappa shape index (κ3) is 3.42. The van der Waals surface area contributed by atoms with E-state index in [0.717, 1.165) is 22.4 Å². The second-order valence-corrected chi connectivity index (χ2v) is 17.6. The molecule has 0 radical (unpaired) electrons. The molecule has 0 aliphatic carbocycles. The first-order valence-corrected chi connectivity index (χ1v) is 15.4. The van der Waals surface area contributed by atoms with Crippen LogP contribution in [0.2, 0.25) is 17.3 Å². The Labute approximate surface area is 146 Å². The summed E-state index contributed by atoms with van der Waals surface area (Å²) >= 11 is -1.84. The van der Waals surface area contributed by atoms with E-state index in [-0.39, 0.29) is 0 Å². The predicted octanol–water partition coefficient (Wildman–Crippen LogP) is 4.83. The molecule has 118 valence electrons.